The van der Waals surface area contributed by atoms with E-state index in [4.69, 9.17) is 17.4 Å². The zero-order valence-corrected chi connectivity index (χ0v) is 12.6. The van der Waals surface area contributed by atoms with Crippen molar-refractivity contribution in [3.63, 3.8) is 0 Å². The lowest BCUT2D eigenvalue weighted by atomic mass is 10.1. The Labute approximate surface area is 126 Å². The molecule has 0 bridgehead atoms. The molecule has 0 saturated carbocycles. The number of nitrogens with one attached hydrogen (secondary N) is 2. The molecule has 1 atom stereocenters. The summed E-state index contributed by atoms with van der Waals surface area (Å²) < 4.78 is 0. The van der Waals surface area contributed by atoms with E-state index in [0.29, 0.717) is 16.3 Å². The molecule has 1 heterocycles. The molecule has 0 saturated heterocycles. The second-order valence-electron chi connectivity index (χ2n) is 4.49. The second-order valence-corrected chi connectivity index (χ2v) is 5.96. The highest BCUT2D eigenvalue weighted by atomic mass is 35.5. The van der Waals surface area contributed by atoms with Gasteiger partial charge in [0, 0.05) is 22.4 Å². The fourth-order valence-corrected chi connectivity index (χ4v) is 2.92. The third kappa shape index (κ3) is 3.72. The fraction of sp³-hybridized carbons (Fsp3) is 0.214. The number of benzene rings is 1. The Bertz CT molecular complexity index is 586. The highest BCUT2D eigenvalue weighted by Crippen LogP contribution is 2.20. The molecule has 0 aliphatic carbocycles. The van der Waals surface area contributed by atoms with E-state index in [-0.39, 0.29) is 11.9 Å². The first-order valence-electron chi connectivity index (χ1n) is 6.19. The molecule has 1 aromatic carbocycles. The van der Waals surface area contributed by atoms with Gasteiger partial charge in [-0.1, -0.05) is 17.7 Å². The van der Waals surface area contributed by atoms with Gasteiger partial charge < -0.3 is 10.7 Å². The van der Waals surface area contributed by atoms with Crippen LogP contribution in [0.4, 0.5) is 5.69 Å². The zero-order chi connectivity index (χ0) is 14.5. The molecule has 0 aliphatic heterocycles. The molecule has 106 valence electrons. The van der Waals surface area contributed by atoms with Crippen LogP contribution in [0.5, 0.6) is 0 Å². The van der Waals surface area contributed by atoms with Crippen molar-refractivity contribution in [2.75, 3.05) is 5.43 Å². The van der Waals surface area contributed by atoms with Crippen LogP contribution in [0.2, 0.25) is 5.02 Å². The number of hydrogen-bond donors (Lipinski definition) is 3. The minimum atomic E-state index is -0.190. The normalized spacial score (nSPS) is 11.9. The van der Waals surface area contributed by atoms with Gasteiger partial charge >= 0.3 is 0 Å². The topological polar surface area (TPSA) is 67.2 Å². The van der Waals surface area contributed by atoms with Gasteiger partial charge in [-0.3, -0.25) is 10.6 Å². The van der Waals surface area contributed by atoms with Crippen molar-refractivity contribution in [2.45, 2.75) is 19.4 Å². The van der Waals surface area contributed by atoms with Crippen LogP contribution >= 0.6 is 22.9 Å². The Morgan fingerprint density at radius 2 is 2.25 bits per heavy atom. The molecule has 1 amide bonds. The molecular weight excluding hydrogens is 294 g/mol. The Balaban J connectivity index is 2.06. The molecule has 2 aromatic rings. The van der Waals surface area contributed by atoms with Crippen LogP contribution in [0.15, 0.2) is 35.7 Å². The van der Waals surface area contributed by atoms with Gasteiger partial charge in [0.2, 0.25) is 0 Å². The summed E-state index contributed by atoms with van der Waals surface area (Å²) in [5, 5.41) is 5.48. The van der Waals surface area contributed by atoms with Crippen LogP contribution in [0.1, 0.15) is 22.2 Å². The Morgan fingerprint density at radius 3 is 2.90 bits per heavy atom. The summed E-state index contributed by atoms with van der Waals surface area (Å²) >= 11 is 7.60. The summed E-state index contributed by atoms with van der Waals surface area (Å²) in [4.78, 5) is 13.5. The van der Waals surface area contributed by atoms with Crippen molar-refractivity contribution in [3.05, 3.63) is 51.2 Å². The van der Waals surface area contributed by atoms with Crippen LogP contribution in [-0.2, 0) is 6.42 Å². The highest BCUT2D eigenvalue weighted by Gasteiger charge is 2.14. The molecule has 20 heavy (non-hydrogen) atoms. The van der Waals surface area contributed by atoms with Crippen molar-refractivity contribution in [3.8, 4) is 0 Å². The molecule has 0 radical (unpaired) electrons. The summed E-state index contributed by atoms with van der Waals surface area (Å²) in [6.07, 6.45) is 0.801. The molecule has 2 rings (SSSR count). The predicted octanol–water partition coefficient (Wildman–Crippen LogP) is 3.05. The monoisotopic (exact) mass is 309 g/mol. The summed E-state index contributed by atoms with van der Waals surface area (Å²) in [5.74, 6) is 5.22. The van der Waals surface area contributed by atoms with E-state index in [9.17, 15) is 4.79 Å². The van der Waals surface area contributed by atoms with Gasteiger partial charge in [-0.2, -0.15) is 0 Å². The number of halogens is 1. The summed E-state index contributed by atoms with van der Waals surface area (Å²) in [6, 6.07) is 9.06. The van der Waals surface area contributed by atoms with E-state index in [1.165, 1.54) is 4.88 Å². The number of hydrazine groups is 1. The number of hydrogen-bond acceptors (Lipinski definition) is 4. The fourth-order valence-electron chi connectivity index (χ4n) is 1.91. The molecule has 4 N–H and O–H groups in total. The predicted molar refractivity (Wildman–Crippen MR) is 84.2 cm³/mol. The van der Waals surface area contributed by atoms with E-state index < -0.39 is 0 Å². The highest BCUT2D eigenvalue weighted by molar-refractivity contribution is 7.09. The molecule has 0 fully saturated rings. The van der Waals surface area contributed by atoms with Crippen LogP contribution in [0, 0.1) is 0 Å². The number of nitrogens with two attached hydrogens (primary N) is 1. The summed E-state index contributed by atoms with van der Waals surface area (Å²) in [5.41, 5.74) is 3.50. The van der Waals surface area contributed by atoms with Crippen LogP contribution < -0.4 is 16.6 Å². The SMILES string of the molecule is CC(Cc1cccs1)NC(=O)c1cc(Cl)ccc1NN. The minimum Gasteiger partial charge on any atom is -0.349 e. The number of carbonyl (C=O) groups is 1. The molecule has 1 aromatic heterocycles. The standard InChI is InChI=1S/C14H16ClN3OS/c1-9(7-11-3-2-6-20-11)17-14(19)12-8-10(15)4-5-13(12)18-16/h2-6,8-9,18H,7,16H2,1H3,(H,17,19). The van der Waals surface area contributed by atoms with Crippen molar-refractivity contribution in [1.82, 2.24) is 5.32 Å². The lowest BCUT2D eigenvalue weighted by Crippen LogP contribution is -2.34. The molecule has 0 spiro atoms. The maximum absolute atomic E-state index is 12.3. The van der Waals surface area contributed by atoms with Gasteiger partial charge in [0.05, 0.1) is 11.3 Å². The van der Waals surface area contributed by atoms with E-state index in [1.807, 2.05) is 18.4 Å². The number of carbonyl (C=O) groups excluding carboxylic acids is 1. The van der Waals surface area contributed by atoms with E-state index >= 15 is 0 Å². The molecular formula is C14H16ClN3OS. The Morgan fingerprint density at radius 1 is 1.45 bits per heavy atom. The second kappa shape index (κ2) is 6.74. The molecule has 4 nitrogen and oxygen atoms in total. The van der Waals surface area contributed by atoms with Crippen LogP contribution in [0.3, 0.4) is 0 Å². The number of rotatable bonds is 5. The van der Waals surface area contributed by atoms with Crippen LogP contribution in [-0.4, -0.2) is 11.9 Å². The quantitative estimate of drug-likeness (QED) is 0.587. The Kier molecular flexibility index (Phi) is 5.00. The minimum absolute atomic E-state index is 0.0331. The van der Waals surface area contributed by atoms with Crippen molar-refractivity contribution in [1.29, 1.82) is 0 Å². The third-order valence-corrected chi connectivity index (χ3v) is 3.98. The van der Waals surface area contributed by atoms with Gasteiger partial charge in [0.15, 0.2) is 0 Å². The first-order chi connectivity index (χ1) is 9.60. The first kappa shape index (κ1) is 14.8. The van der Waals surface area contributed by atoms with Gasteiger partial charge in [-0.05, 0) is 36.6 Å². The first-order valence-corrected chi connectivity index (χ1v) is 7.45. The van der Waals surface area contributed by atoms with Crippen molar-refractivity contribution < 1.29 is 4.79 Å². The van der Waals surface area contributed by atoms with Crippen molar-refractivity contribution >= 4 is 34.5 Å². The smallest absolute Gasteiger partial charge is 0.253 e. The zero-order valence-electron chi connectivity index (χ0n) is 11.0. The number of nitrogen functional groups attached to an aromatic ring is 1. The largest absolute Gasteiger partial charge is 0.349 e. The average Bonchev–Trinajstić information content (AvgIpc) is 2.91. The maximum Gasteiger partial charge on any atom is 0.253 e. The number of thiophene rings is 1. The van der Waals surface area contributed by atoms with Gasteiger partial charge in [-0.25, -0.2) is 0 Å². The van der Waals surface area contributed by atoms with Gasteiger partial charge in [0.25, 0.3) is 5.91 Å². The lowest BCUT2D eigenvalue weighted by Gasteiger charge is -2.15. The average molecular weight is 310 g/mol. The maximum atomic E-state index is 12.3. The van der Waals surface area contributed by atoms with E-state index in [1.54, 1.807) is 29.5 Å². The molecule has 6 heteroatoms. The van der Waals surface area contributed by atoms with E-state index in [0.717, 1.165) is 6.42 Å². The summed E-state index contributed by atoms with van der Waals surface area (Å²) in [6.45, 7) is 1.97. The third-order valence-electron chi connectivity index (χ3n) is 2.85. The van der Waals surface area contributed by atoms with E-state index in [2.05, 4.69) is 16.8 Å². The lowest BCUT2D eigenvalue weighted by molar-refractivity contribution is 0.0941. The number of amides is 1. The Hall–Kier alpha value is -1.56. The van der Waals surface area contributed by atoms with Gasteiger partial charge in [0.1, 0.15) is 0 Å². The molecule has 1 unspecified atom stereocenters. The number of anilines is 1. The van der Waals surface area contributed by atoms with Gasteiger partial charge in [-0.15, -0.1) is 11.3 Å². The van der Waals surface area contributed by atoms with Crippen LogP contribution in [0.25, 0.3) is 0 Å². The van der Waals surface area contributed by atoms with Crippen molar-refractivity contribution in [2.24, 2.45) is 5.84 Å². The molecule has 0 aliphatic rings. The summed E-state index contributed by atoms with van der Waals surface area (Å²) in [7, 11) is 0.